The van der Waals surface area contributed by atoms with Crippen molar-refractivity contribution in [2.24, 2.45) is 5.73 Å². The van der Waals surface area contributed by atoms with Crippen LogP contribution in [0, 0.1) is 0 Å². The van der Waals surface area contributed by atoms with Gasteiger partial charge >= 0.3 is 0 Å². The Morgan fingerprint density at radius 1 is 1.15 bits per heavy atom. The summed E-state index contributed by atoms with van der Waals surface area (Å²) in [6, 6.07) is 10.5. The lowest BCUT2D eigenvalue weighted by molar-refractivity contribution is 0.100. The van der Waals surface area contributed by atoms with E-state index in [-0.39, 0.29) is 0 Å². The van der Waals surface area contributed by atoms with Crippen LogP contribution in [0.1, 0.15) is 15.9 Å². The number of nitrogens with zero attached hydrogens (tertiary/aromatic N) is 3. The largest absolute Gasteiger partial charge is 0.442 e. The van der Waals surface area contributed by atoms with Crippen molar-refractivity contribution in [2.45, 2.75) is 6.54 Å². The molecule has 6 nitrogen and oxygen atoms in total. The molecule has 0 fully saturated rings. The highest BCUT2D eigenvalue weighted by Gasteiger charge is 2.18. The monoisotopic (exact) mass is 386 g/mol. The van der Waals surface area contributed by atoms with Gasteiger partial charge in [-0.2, -0.15) is 0 Å². The minimum absolute atomic E-state index is 0.391. The van der Waals surface area contributed by atoms with E-state index >= 15 is 0 Å². The molecule has 130 valence electrons. The number of imidazole rings is 1. The van der Waals surface area contributed by atoms with Gasteiger partial charge in [0.25, 0.3) is 5.89 Å². The van der Waals surface area contributed by atoms with E-state index in [1.807, 2.05) is 16.7 Å². The first-order valence-electron chi connectivity index (χ1n) is 7.67. The van der Waals surface area contributed by atoms with Gasteiger partial charge in [-0.25, -0.2) is 9.97 Å². The first kappa shape index (κ1) is 16.6. The Balaban J connectivity index is 1.85. The number of nitrogens with two attached hydrogens (primary N) is 1. The molecular weight excluding hydrogens is 375 g/mol. The third-order valence-corrected chi connectivity index (χ3v) is 4.72. The molecule has 2 aromatic heterocycles. The van der Waals surface area contributed by atoms with Crippen LogP contribution < -0.4 is 5.73 Å². The van der Waals surface area contributed by atoms with E-state index in [0.29, 0.717) is 39.4 Å². The number of carbonyl (C=O) groups is 1. The van der Waals surface area contributed by atoms with Gasteiger partial charge in [0.2, 0.25) is 5.91 Å². The summed E-state index contributed by atoms with van der Waals surface area (Å²) in [5, 5.41) is 0.858. The fourth-order valence-corrected chi connectivity index (χ4v) is 3.05. The molecule has 0 aliphatic heterocycles. The SMILES string of the molecule is NC(=O)c1ccc(Cn2c(-c3ncco3)nc3cc(Cl)c(Cl)cc32)cc1. The number of carbonyl (C=O) groups excluding carboxylic acids is 1. The number of aromatic nitrogens is 3. The number of rotatable bonds is 4. The molecule has 2 N–H and O–H groups in total. The fourth-order valence-electron chi connectivity index (χ4n) is 2.73. The van der Waals surface area contributed by atoms with Crippen LogP contribution in [-0.2, 0) is 6.54 Å². The summed E-state index contributed by atoms with van der Waals surface area (Å²) < 4.78 is 7.35. The minimum Gasteiger partial charge on any atom is -0.442 e. The Labute approximate surface area is 158 Å². The summed E-state index contributed by atoms with van der Waals surface area (Å²) in [5.74, 6) is 0.482. The van der Waals surface area contributed by atoms with Crippen LogP contribution in [0.2, 0.25) is 10.0 Å². The second kappa shape index (κ2) is 6.48. The highest BCUT2D eigenvalue weighted by molar-refractivity contribution is 6.42. The summed E-state index contributed by atoms with van der Waals surface area (Å²) in [7, 11) is 0. The normalized spacial score (nSPS) is 11.2. The van der Waals surface area contributed by atoms with E-state index < -0.39 is 5.91 Å². The van der Waals surface area contributed by atoms with Crippen LogP contribution in [0.15, 0.2) is 53.3 Å². The molecule has 0 aliphatic carbocycles. The zero-order valence-corrected chi connectivity index (χ0v) is 14.8. The Hall–Kier alpha value is -2.83. The minimum atomic E-state index is -0.466. The van der Waals surface area contributed by atoms with Gasteiger partial charge < -0.3 is 14.7 Å². The third kappa shape index (κ3) is 2.94. The van der Waals surface area contributed by atoms with Gasteiger partial charge in [-0.05, 0) is 29.8 Å². The van der Waals surface area contributed by atoms with Gasteiger partial charge in [0.05, 0.1) is 27.3 Å². The van der Waals surface area contributed by atoms with E-state index in [1.165, 1.54) is 6.26 Å². The number of amides is 1. The smallest absolute Gasteiger partial charge is 0.263 e. The number of benzene rings is 2. The molecule has 0 bridgehead atoms. The van der Waals surface area contributed by atoms with Crippen LogP contribution >= 0.6 is 23.2 Å². The zero-order chi connectivity index (χ0) is 18.3. The van der Waals surface area contributed by atoms with Crippen molar-refractivity contribution in [2.75, 3.05) is 0 Å². The van der Waals surface area contributed by atoms with E-state index in [9.17, 15) is 4.79 Å². The molecule has 26 heavy (non-hydrogen) atoms. The first-order chi connectivity index (χ1) is 12.5. The van der Waals surface area contributed by atoms with Gasteiger partial charge in [0.1, 0.15) is 6.26 Å². The number of fused-ring (bicyclic) bond motifs is 1. The first-order valence-corrected chi connectivity index (χ1v) is 8.42. The van der Waals surface area contributed by atoms with Crippen molar-refractivity contribution in [3.63, 3.8) is 0 Å². The molecule has 0 aliphatic rings. The molecule has 0 saturated heterocycles. The van der Waals surface area contributed by atoms with E-state index in [2.05, 4.69) is 9.97 Å². The molecule has 0 unspecified atom stereocenters. The van der Waals surface area contributed by atoms with Gasteiger partial charge in [-0.3, -0.25) is 4.79 Å². The number of halogens is 2. The van der Waals surface area contributed by atoms with Crippen molar-refractivity contribution >= 4 is 40.1 Å². The Morgan fingerprint density at radius 3 is 2.54 bits per heavy atom. The zero-order valence-electron chi connectivity index (χ0n) is 13.3. The molecule has 2 aromatic carbocycles. The molecule has 8 heteroatoms. The van der Waals surface area contributed by atoms with E-state index in [1.54, 1.807) is 30.5 Å². The topological polar surface area (TPSA) is 86.9 Å². The fraction of sp³-hybridized carbons (Fsp3) is 0.0556. The summed E-state index contributed by atoms with van der Waals surface area (Å²) in [5.41, 5.74) is 8.17. The quantitative estimate of drug-likeness (QED) is 0.570. The van der Waals surface area contributed by atoms with Gasteiger partial charge in [0.15, 0.2) is 5.82 Å². The third-order valence-electron chi connectivity index (χ3n) is 3.99. The van der Waals surface area contributed by atoms with Gasteiger partial charge in [-0.1, -0.05) is 35.3 Å². The molecule has 0 radical (unpaired) electrons. The van der Waals surface area contributed by atoms with Crippen molar-refractivity contribution in [1.29, 1.82) is 0 Å². The predicted octanol–water partition coefficient (Wildman–Crippen LogP) is 4.15. The average molecular weight is 387 g/mol. The van der Waals surface area contributed by atoms with Crippen LogP contribution in [0.4, 0.5) is 0 Å². The lowest BCUT2D eigenvalue weighted by atomic mass is 10.1. The number of oxazole rings is 1. The lowest BCUT2D eigenvalue weighted by Crippen LogP contribution is -2.11. The number of primary amides is 1. The maximum Gasteiger partial charge on any atom is 0.263 e. The van der Waals surface area contributed by atoms with Gasteiger partial charge in [-0.15, -0.1) is 0 Å². The van der Waals surface area contributed by atoms with Crippen molar-refractivity contribution in [1.82, 2.24) is 14.5 Å². The number of hydrogen-bond donors (Lipinski definition) is 1. The van der Waals surface area contributed by atoms with Crippen molar-refractivity contribution < 1.29 is 9.21 Å². The number of hydrogen-bond acceptors (Lipinski definition) is 4. The molecular formula is C18H12Cl2N4O2. The van der Waals surface area contributed by atoms with Crippen molar-refractivity contribution in [3.05, 3.63) is 70.0 Å². The average Bonchev–Trinajstić information content (AvgIpc) is 3.25. The summed E-state index contributed by atoms with van der Waals surface area (Å²) >= 11 is 12.3. The van der Waals surface area contributed by atoms with Crippen molar-refractivity contribution in [3.8, 4) is 11.7 Å². The highest BCUT2D eigenvalue weighted by Crippen LogP contribution is 2.31. The van der Waals surface area contributed by atoms with Crippen LogP contribution in [0.25, 0.3) is 22.7 Å². The second-order valence-electron chi connectivity index (χ2n) is 5.68. The summed E-state index contributed by atoms with van der Waals surface area (Å²) in [6.45, 7) is 0.477. The molecule has 0 atom stereocenters. The standard InChI is InChI=1S/C18H12Cl2N4O2/c19-12-7-14-15(8-13(12)20)24(17(23-14)18-22-5-6-26-18)9-10-1-3-11(4-2-10)16(21)25/h1-8H,9H2,(H2,21,25). The Bertz CT molecular complexity index is 1100. The molecule has 4 aromatic rings. The maximum absolute atomic E-state index is 11.2. The highest BCUT2D eigenvalue weighted by atomic mass is 35.5. The summed E-state index contributed by atoms with van der Waals surface area (Å²) in [4.78, 5) is 20.0. The maximum atomic E-state index is 11.2. The molecule has 4 rings (SSSR count). The molecule has 1 amide bonds. The second-order valence-corrected chi connectivity index (χ2v) is 6.49. The van der Waals surface area contributed by atoms with E-state index in [4.69, 9.17) is 33.4 Å². The van der Waals surface area contributed by atoms with Crippen LogP contribution in [-0.4, -0.2) is 20.4 Å². The van der Waals surface area contributed by atoms with Gasteiger partial charge in [0, 0.05) is 12.1 Å². The van der Waals surface area contributed by atoms with E-state index in [0.717, 1.165) is 11.1 Å². The molecule has 0 saturated carbocycles. The molecule has 2 heterocycles. The lowest BCUT2D eigenvalue weighted by Gasteiger charge is -2.09. The predicted molar refractivity (Wildman–Crippen MR) is 99.3 cm³/mol. The van der Waals surface area contributed by atoms with Crippen LogP contribution in [0.3, 0.4) is 0 Å². The Kier molecular flexibility index (Phi) is 4.14. The molecule has 0 spiro atoms. The van der Waals surface area contributed by atoms with Crippen LogP contribution in [0.5, 0.6) is 0 Å². The summed E-state index contributed by atoms with van der Waals surface area (Å²) in [6.07, 6.45) is 3.04. The Morgan fingerprint density at radius 2 is 1.88 bits per heavy atom.